The van der Waals surface area contributed by atoms with Gasteiger partial charge in [-0.3, -0.25) is 4.79 Å². The highest BCUT2D eigenvalue weighted by atomic mass is 79.9. The van der Waals surface area contributed by atoms with Crippen LogP contribution in [0.3, 0.4) is 0 Å². The Morgan fingerprint density at radius 2 is 2.00 bits per heavy atom. The second-order valence-corrected chi connectivity index (χ2v) is 7.30. The number of carbonyl (C=O) groups is 1. The van der Waals surface area contributed by atoms with Gasteiger partial charge in [-0.25, -0.2) is 0 Å². The van der Waals surface area contributed by atoms with Gasteiger partial charge in [0.2, 0.25) is 5.91 Å². The van der Waals surface area contributed by atoms with Crippen LogP contribution in [0.4, 0.5) is 0 Å². The average Bonchev–Trinajstić information content (AvgIpc) is 2.92. The van der Waals surface area contributed by atoms with Crippen LogP contribution >= 0.6 is 15.9 Å². The molecule has 0 spiro atoms. The highest BCUT2D eigenvalue weighted by Gasteiger charge is 2.38. The number of hydrogen-bond donors (Lipinski definition) is 2. The third-order valence-corrected chi connectivity index (χ3v) is 5.44. The van der Waals surface area contributed by atoms with Crippen LogP contribution in [-0.2, 0) is 4.79 Å². The van der Waals surface area contributed by atoms with E-state index in [-0.39, 0.29) is 18.0 Å². The van der Waals surface area contributed by atoms with Crippen molar-refractivity contribution in [2.75, 3.05) is 0 Å². The first-order valence-corrected chi connectivity index (χ1v) is 8.74. The van der Waals surface area contributed by atoms with Crippen LogP contribution in [0.15, 0.2) is 28.7 Å². The normalized spacial score (nSPS) is 29.7. The van der Waals surface area contributed by atoms with Crippen molar-refractivity contribution in [3.63, 3.8) is 0 Å². The summed E-state index contributed by atoms with van der Waals surface area (Å²) in [5.41, 5.74) is 1.14. The molecule has 1 amide bonds. The van der Waals surface area contributed by atoms with Gasteiger partial charge in [0.25, 0.3) is 0 Å². The minimum Gasteiger partial charge on any atom is -0.348 e. The molecule has 114 valence electrons. The number of nitrogens with one attached hydrogen (secondary N) is 2. The average molecular weight is 351 g/mol. The number of benzene rings is 1. The van der Waals surface area contributed by atoms with E-state index in [4.69, 9.17) is 0 Å². The summed E-state index contributed by atoms with van der Waals surface area (Å²) >= 11 is 3.44. The Labute approximate surface area is 135 Å². The van der Waals surface area contributed by atoms with Crippen molar-refractivity contribution >= 4 is 21.8 Å². The molecule has 0 radical (unpaired) electrons. The number of carbonyl (C=O) groups excluding carboxylic acids is 1. The van der Waals surface area contributed by atoms with Crippen molar-refractivity contribution in [1.29, 1.82) is 0 Å². The second-order valence-electron chi connectivity index (χ2n) is 6.39. The first-order chi connectivity index (χ1) is 10.1. The van der Waals surface area contributed by atoms with Gasteiger partial charge in [0.05, 0.1) is 12.1 Å². The van der Waals surface area contributed by atoms with E-state index in [1.165, 1.54) is 25.7 Å². The molecular weight excluding hydrogens is 328 g/mol. The number of rotatable bonds is 3. The maximum Gasteiger partial charge on any atom is 0.237 e. The predicted molar refractivity (Wildman–Crippen MR) is 88.0 cm³/mol. The molecule has 1 aliphatic heterocycles. The van der Waals surface area contributed by atoms with Gasteiger partial charge >= 0.3 is 0 Å². The smallest absolute Gasteiger partial charge is 0.237 e. The Kier molecular flexibility index (Phi) is 4.65. The molecule has 3 rings (SSSR count). The third-order valence-electron chi connectivity index (χ3n) is 4.91. The molecule has 4 atom stereocenters. The van der Waals surface area contributed by atoms with Crippen LogP contribution in [0.25, 0.3) is 0 Å². The molecule has 2 N–H and O–H groups in total. The van der Waals surface area contributed by atoms with Crippen molar-refractivity contribution in [3.05, 3.63) is 34.3 Å². The Morgan fingerprint density at radius 3 is 2.71 bits per heavy atom. The van der Waals surface area contributed by atoms with E-state index in [0.29, 0.717) is 12.0 Å². The number of amides is 1. The molecule has 1 aliphatic carbocycles. The van der Waals surface area contributed by atoms with Crippen LogP contribution in [-0.4, -0.2) is 18.0 Å². The van der Waals surface area contributed by atoms with Gasteiger partial charge < -0.3 is 10.6 Å². The Bertz CT molecular complexity index is 488. The minimum atomic E-state index is -0.00371. The lowest BCUT2D eigenvalue weighted by Gasteiger charge is -2.24. The van der Waals surface area contributed by atoms with Crippen molar-refractivity contribution in [2.24, 2.45) is 5.92 Å². The zero-order chi connectivity index (χ0) is 14.8. The molecule has 2 aliphatic rings. The van der Waals surface area contributed by atoms with Crippen LogP contribution in [0.2, 0.25) is 0 Å². The largest absolute Gasteiger partial charge is 0.348 e. The van der Waals surface area contributed by atoms with Crippen LogP contribution in [0.1, 0.15) is 50.6 Å². The lowest BCUT2D eigenvalue weighted by molar-refractivity contribution is -0.123. The van der Waals surface area contributed by atoms with Crippen LogP contribution < -0.4 is 10.6 Å². The molecule has 1 aromatic rings. The molecule has 3 nitrogen and oxygen atoms in total. The van der Waals surface area contributed by atoms with Gasteiger partial charge in [-0.1, -0.05) is 40.9 Å². The Balaban J connectivity index is 1.57. The summed E-state index contributed by atoms with van der Waals surface area (Å²) in [5.74, 6) is 0.859. The summed E-state index contributed by atoms with van der Waals surface area (Å²) in [6, 6.07) is 8.75. The molecule has 1 aromatic carbocycles. The van der Waals surface area contributed by atoms with Crippen molar-refractivity contribution in [2.45, 2.75) is 57.2 Å². The maximum atomic E-state index is 12.5. The van der Waals surface area contributed by atoms with Crippen LogP contribution in [0, 0.1) is 5.92 Å². The fourth-order valence-corrected chi connectivity index (χ4v) is 3.93. The highest BCUT2D eigenvalue weighted by molar-refractivity contribution is 9.10. The monoisotopic (exact) mass is 350 g/mol. The first kappa shape index (κ1) is 15.0. The van der Waals surface area contributed by atoms with Gasteiger partial charge in [-0.2, -0.15) is 0 Å². The molecule has 0 aromatic heterocycles. The molecule has 1 saturated carbocycles. The van der Waals surface area contributed by atoms with E-state index >= 15 is 0 Å². The molecule has 2 fully saturated rings. The van der Waals surface area contributed by atoms with E-state index in [1.807, 2.05) is 19.1 Å². The quantitative estimate of drug-likeness (QED) is 0.875. The molecule has 1 heterocycles. The minimum absolute atomic E-state index is 0.00371. The van der Waals surface area contributed by atoms with E-state index in [2.05, 4.69) is 38.7 Å². The lowest BCUT2D eigenvalue weighted by atomic mass is 9.85. The van der Waals surface area contributed by atoms with E-state index in [9.17, 15) is 4.79 Å². The summed E-state index contributed by atoms with van der Waals surface area (Å²) in [5, 5.41) is 6.69. The molecule has 0 bridgehead atoms. The lowest BCUT2D eigenvalue weighted by Crippen LogP contribution is -2.43. The molecule has 21 heavy (non-hydrogen) atoms. The van der Waals surface area contributed by atoms with Gasteiger partial charge in [-0.15, -0.1) is 0 Å². The van der Waals surface area contributed by atoms with Gasteiger partial charge in [-0.05, 0) is 49.8 Å². The van der Waals surface area contributed by atoms with Gasteiger partial charge in [0.15, 0.2) is 0 Å². The molecule has 1 saturated heterocycles. The predicted octanol–water partition coefficient (Wildman–Crippen LogP) is 3.55. The summed E-state index contributed by atoms with van der Waals surface area (Å²) < 4.78 is 1.06. The van der Waals surface area contributed by atoms with Gasteiger partial charge in [0.1, 0.15) is 0 Å². The topological polar surface area (TPSA) is 41.1 Å². The van der Waals surface area contributed by atoms with E-state index < -0.39 is 0 Å². The van der Waals surface area contributed by atoms with E-state index in [1.54, 1.807) is 0 Å². The zero-order valence-corrected chi connectivity index (χ0v) is 14.0. The number of fused-ring (bicyclic) bond motifs is 1. The van der Waals surface area contributed by atoms with Crippen molar-refractivity contribution in [3.8, 4) is 0 Å². The third kappa shape index (κ3) is 3.49. The first-order valence-electron chi connectivity index (χ1n) is 7.95. The fourth-order valence-electron chi connectivity index (χ4n) is 3.67. The summed E-state index contributed by atoms with van der Waals surface area (Å²) in [7, 11) is 0. The van der Waals surface area contributed by atoms with Gasteiger partial charge in [0, 0.05) is 10.5 Å². The number of halogens is 1. The molecule has 4 unspecified atom stereocenters. The van der Waals surface area contributed by atoms with E-state index in [0.717, 1.165) is 16.5 Å². The summed E-state index contributed by atoms with van der Waals surface area (Å²) in [4.78, 5) is 12.5. The fraction of sp³-hybridized carbons (Fsp3) is 0.588. The molecule has 4 heteroatoms. The summed E-state index contributed by atoms with van der Waals surface area (Å²) in [6.45, 7) is 2.04. The van der Waals surface area contributed by atoms with Crippen LogP contribution in [0.5, 0.6) is 0 Å². The highest BCUT2D eigenvalue weighted by Crippen LogP contribution is 2.33. The Morgan fingerprint density at radius 1 is 1.29 bits per heavy atom. The number of hydrogen-bond acceptors (Lipinski definition) is 2. The van der Waals surface area contributed by atoms with Crippen molar-refractivity contribution in [1.82, 2.24) is 10.6 Å². The SMILES string of the molecule is CC(NC(=O)C1CC2CCCCC2N1)c1ccc(Br)cc1. The summed E-state index contributed by atoms with van der Waals surface area (Å²) in [6.07, 6.45) is 6.15. The maximum absolute atomic E-state index is 12.5. The zero-order valence-electron chi connectivity index (χ0n) is 12.4. The Hall–Kier alpha value is -0.870. The standard InChI is InChI=1S/C17H23BrN2O/c1-11(12-6-8-14(18)9-7-12)19-17(21)16-10-13-4-2-3-5-15(13)20-16/h6-9,11,13,15-16,20H,2-5,10H2,1H3,(H,19,21). The van der Waals surface area contributed by atoms with Crippen molar-refractivity contribution < 1.29 is 4.79 Å². The molecular formula is C17H23BrN2O. The second kappa shape index (κ2) is 6.49.